The zero-order chi connectivity index (χ0) is 20.1. The second kappa shape index (κ2) is 9.10. The molecule has 142 valence electrons. The normalized spacial score (nSPS) is 10.3. The third kappa shape index (κ3) is 4.14. The minimum atomic E-state index is -1.46. The quantitative estimate of drug-likeness (QED) is 0.472. The van der Waals surface area contributed by atoms with Gasteiger partial charge in [-0.2, -0.15) is 0 Å². The van der Waals surface area contributed by atoms with Crippen molar-refractivity contribution in [2.24, 2.45) is 0 Å². The maximum Gasteiger partial charge on any atom is 0.489 e. The standard InChI is InChI=1S/C11H11BO3.C11H9BrO/c1-15-11-7-6-10(12(13)14)8-4-2-3-5-9(8)11;1-13-11-7-6-10(12)8-4-2-3-5-9(8)11/h2-7,13-14H,1H3;2-7H,1H3. The Labute approximate surface area is 172 Å². The highest BCUT2D eigenvalue weighted by molar-refractivity contribution is 9.10. The number of ether oxygens (including phenoxy) is 2. The first kappa shape index (κ1) is 20.2. The predicted octanol–water partition coefficient (Wildman–Crippen LogP) is 4.14. The van der Waals surface area contributed by atoms with E-state index >= 15 is 0 Å². The molecule has 0 aliphatic rings. The maximum atomic E-state index is 9.20. The summed E-state index contributed by atoms with van der Waals surface area (Å²) in [7, 11) is 1.83. The number of methoxy groups -OCH3 is 2. The van der Waals surface area contributed by atoms with E-state index in [2.05, 4.69) is 28.1 Å². The van der Waals surface area contributed by atoms with Gasteiger partial charge in [0, 0.05) is 15.2 Å². The Kier molecular flexibility index (Phi) is 6.57. The lowest BCUT2D eigenvalue weighted by Crippen LogP contribution is -2.30. The van der Waals surface area contributed by atoms with E-state index in [9.17, 15) is 10.0 Å². The fourth-order valence-corrected chi connectivity index (χ4v) is 3.59. The third-order valence-electron chi connectivity index (χ3n) is 4.47. The molecule has 4 aromatic rings. The Morgan fingerprint density at radius 2 is 1.11 bits per heavy atom. The number of halogens is 1. The average Bonchev–Trinajstić information content (AvgIpc) is 2.74. The second-order valence-corrected chi connectivity index (χ2v) is 6.93. The molecule has 0 bridgehead atoms. The van der Waals surface area contributed by atoms with Crippen LogP contribution in [-0.2, 0) is 0 Å². The molecule has 4 aromatic carbocycles. The summed E-state index contributed by atoms with van der Waals surface area (Å²) in [6.45, 7) is 0. The molecule has 0 heterocycles. The Morgan fingerprint density at radius 3 is 1.64 bits per heavy atom. The molecule has 0 unspecified atom stereocenters. The minimum Gasteiger partial charge on any atom is -0.496 e. The molecule has 0 fully saturated rings. The van der Waals surface area contributed by atoms with Crippen LogP contribution in [0.3, 0.4) is 0 Å². The molecule has 6 heteroatoms. The Hall–Kier alpha value is -2.54. The zero-order valence-electron chi connectivity index (χ0n) is 15.6. The summed E-state index contributed by atoms with van der Waals surface area (Å²) >= 11 is 3.50. The Bertz CT molecular complexity index is 1100. The Balaban J connectivity index is 0.000000162. The number of rotatable bonds is 3. The molecule has 0 aliphatic carbocycles. The van der Waals surface area contributed by atoms with Crippen LogP contribution in [0.2, 0.25) is 0 Å². The van der Waals surface area contributed by atoms with Gasteiger partial charge in [-0.3, -0.25) is 0 Å². The highest BCUT2D eigenvalue weighted by Gasteiger charge is 2.15. The lowest BCUT2D eigenvalue weighted by molar-refractivity contribution is 0.419. The molecule has 28 heavy (non-hydrogen) atoms. The molecular weight excluding hydrogens is 419 g/mol. The highest BCUT2D eigenvalue weighted by atomic mass is 79.9. The van der Waals surface area contributed by atoms with Crippen molar-refractivity contribution in [2.45, 2.75) is 0 Å². The molecule has 0 saturated carbocycles. The topological polar surface area (TPSA) is 58.9 Å². The molecule has 0 aromatic heterocycles. The molecular formula is C22H20BBrO4. The summed E-state index contributed by atoms with van der Waals surface area (Å²) in [5, 5.41) is 22.4. The van der Waals surface area contributed by atoms with Gasteiger partial charge in [-0.25, -0.2) is 0 Å². The molecule has 0 atom stereocenters. The lowest BCUT2D eigenvalue weighted by atomic mass is 9.77. The SMILES string of the molecule is COc1ccc(B(O)O)c2ccccc12.COc1ccc(Br)c2ccccc12. The van der Waals surface area contributed by atoms with Gasteiger partial charge in [0.15, 0.2) is 0 Å². The molecule has 0 saturated heterocycles. The van der Waals surface area contributed by atoms with E-state index in [4.69, 9.17) is 9.47 Å². The van der Waals surface area contributed by atoms with E-state index in [0.717, 1.165) is 32.1 Å². The van der Waals surface area contributed by atoms with E-state index in [1.807, 2.05) is 48.5 Å². The zero-order valence-corrected chi connectivity index (χ0v) is 17.2. The van der Waals surface area contributed by atoms with Crippen LogP contribution >= 0.6 is 15.9 Å². The van der Waals surface area contributed by atoms with E-state index in [1.54, 1.807) is 26.4 Å². The van der Waals surface area contributed by atoms with Crippen LogP contribution < -0.4 is 14.9 Å². The second-order valence-electron chi connectivity index (χ2n) is 6.07. The molecule has 2 N–H and O–H groups in total. The molecule has 0 aliphatic heterocycles. The van der Waals surface area contributed by atoms with Crippen molar-refractivity contribution in [3.05, 3.63) is 77.3 Å². The van der Waals surface area contributed by atoms with Crippen LogP contribution in [0, 0.1) is 0 Å². The summed E-state index contributed by atoms with van der Waals surface area (Å²) < 4.78 is 11.6. The summed E-state index contributed by atoms with van der Waals surface area (Å²) in [4.78, 5) is 0. The first-order valence-electron chi connectivity index (χ1n) is 8.69. The van der Waals surface area contributed by atoms with Crippen molar-refractivity contribution >= 4 is 50.1 Å². The Morgan fingerprint density at radius 1 is 0.643 bits per heavy atom. The van der Waals surface area contributed by atoms with Gasteiger partial charge in [-0.15, -0.1) is 0 Å². The van der Waals surface area contributed by atoms with Crippen molar-refractivity contribution in [1.29, 1.82) is 0 Å². The molecule has 4 nitrogen and oxygen atoms in total. The van der Waals surface area contributed by atoms with Crippen molar-refractivity contribution < 1.29 is 19.5 Å². The monoisotopic (exact) mass is 438 g/mol. The first-order valence-corrected chi connectivity index (χ1v) is 9.49. The minimum absolute atomic E-state index is 0.492. The molecule has 0 radical (unpaired) electrons. The van der Waals surface area contributed by atoms with Crippen molar-refractivity contribution in [2.75, 3.05) is 14.2 Å². The summed E-state index contributed by atoms with van der Waals surface area (Å²) in [6.07, 6.45) is 0. The van der Waals surface area contributed by atoms with Gasteiger partial charge < -0.3 is 19.5 Å². The number of benzene rings is 4. The van der Waals surface area contributed by atoms with Gasteiger partial charge in [0.05, 0.1) is 14.2 Å². The van der Waals surface area contributed by atoms with Gasteiger partial charge in [-0.05, 0) is 34.4 Å². The van der Waals surface area contributed by atoms with Crippen LogP contribution in [0.15, 0.2) is 77.3 Å². The van der Waals surface area contributed by atoms with Crippen LogP contribution in [0.4, 0.5) is 0 Å². The summed E-state index contributed by atoms with van der Waals surface area (Å²) in [6, 6.07) is 23.0. The van der Waals surface area contributed by atoms with E-state index < -0.39 is 7.12 Å². The van der Waals surface area contributed by atoms with Crippen LogP contribution in [0.1, 0.15) is 0 Å². The van der Waals surface area contributed by atoms with E-state index in [-0.39, 0.29) is 0 Å². The van der Waals surface area contributed by atoms with Gasteiger partial charge in [0.2, 0.25) is 0 Å². The molecule has 0 amide bonds. The fraction of sp³-hybridized carbons (Fsp3) is 0.0909. The lowest BCUT2D eigenvalue weighted by Gasteiger charge is -2.09. The fourth-order valence-electron chi connectivity index (χ4n) is 3.11. The number of fused-ring (bicyclic) bond motifs is 2. The van der Waals surface area contributed by atoms with Gasteiger partial charge in [0.1, 0.15) is 11.5 Å². The van der Waals surface area contributed by atoms with Crippen molar-refractivity contribution in [1.82, 2.24) is 0 Å². The maximum absolute atomic E-state index is 9.20. The number of hydrogen-bond donors (Lipinski definition) is 2. The largest absolute Gasteiger partial charge is 0.496 e. The predicted molar refractivity (Wildman–Crippen MR) is 119 cm³/mol. The van der Waals surface area contributed by atoms with E-state index in [0.29, 0.717) is 5.46 Å². The smallest absolute Gasteiger partial charge is 0.489 e. The average molecular weight is 439 g/mol. The van der Waals surface area contributed by atoms with Crippen LogP contribution in [0.5, 0.6) is 11.5 Å². The first-order chi connectivity index (χ1) is 13.6. The third-order valence-corrected chi connectivity index (χ3v) is 5.16. The van der Waals surface area contributed by atoms with E-state index in [1.165, 1.54) is 5.39 Å². The summed E-state index contributed by atoms with van der Waals surface area (Å²) in [5.74, 6) is 1.65. The van der Waals surface area contributed by atoms with Gasteiger partial charge >= 0.3 is 7.12 Å². The van der Waals surface area contributed by atoms with Gasteiger partial charge in [0.25, 0.3) is 0 Å². The highest BCUT2D eigenvalue weighted by Crippen LogP contribution is 2.31. The molecule has 0 spiro atoms. The van der Waals surface area contributed by atoms with Crippen molar-refractivity contribution in [3.8, 4) is 11.5 Å². The van der Waals surface area contributed by atoms with Crippen LogP contribution in [-0.4, -0.2) is 31.4 Å². The van der Waals surface area contributed by atoms with Gasteiger partial charge in [-0.1, -0.05) is 70.5 Å². The van der Waals surface area contributed by atoms with Crippen molar-refractivity contribution in [3.63, 3.8) is 0 Å². The van der Waals surface area contributed by atoms with Crippen LogP contribution in [0.25, 0.3) is 21.5 Å². The summed E-state index contributed by atoms with van der Waals surface area (Å²) in [5.41, 5.74) is 0.492. The molecule has 4 rings (SSSR count). The number of hydrogen-bond acceptors (Lipinski definition) is 4.